The molecule has 1 rings (SSSR count). The number of hydrogen-bond acceptors (Lipinski definition) is 3. The van der Waals surface area contributed by atoms with E-state index in [0.29, 0.717) is 12.3 Å². The number of nitrogens with one attached hydrogen (secondary N) is 1. The summed E-state index contributed by atoms with van der Waals surface area (Å²) in [6.07, 6.45) is 2.69. The molecule has 14 heavy (non-hydrogen) atoms. The van der Waals surface area contributed by atoms with Gasteiger partial charge in [-0.1, -0.05) is 13.8 Å². The van der Waals surface area contributed by atoms with E-state index in [1.165, 1.54) is 7.11 Å². The fraction of sp³-hybridized carbons (Fsp3) is 0.909. The molecular weight excluding hydrogens is 178 g/mol. The standard InChI is InChI=1S/C11H21NO2/c1-8(2)9-5-11(6-9,12-3)7-10(13)14-4/h8-9,12H,5-7H2,1-4H3. The lowest BCUT2D eigenvalue weighted by Gasteiger charge is -2.49. The lowest BCUT2D eigenvalue weighted by atomic mass is 9.63. The third-order valence-electron chi connectivity index (χ3n) is 3.49. The van der Waals surface area contributed by atoms with Crippen molar-refractivity contribution in [3.05, 3.63) is 0 Å². The van der Waals surface area contributed by atoms with Crippen LogP contribution in [-0.4, -0.2) is 25.7 Å². The van der Waals surface area contributed by atoms with E-state index in [0.717, 1.165) is 18.8 Å². The van der Waals surface area contributed by atoms with E-state index < -0.39 is 0 Å². The zero-order valence-corrected chi connectivity index (χ0v) is 9.59. The van der Waals surface area contributed by atoms with E-state index in [4.69, 9.17) is 4.74 Å². The Hall–Kier alpha value is -0.570. The first-order valence-corrected chi connectivity index (χ1v) is 5.29. The molecule has 0 radical (unpaired) electrons. The van der Waals surface area contributed by atoms with Crippen LogP contribution in [0.1, 0.15) is 33.1 Å². The first-order valence-electron chi connectivity index (χ1n) is 5.29. The molecule has 0 aromatic carbocycles. The minimum atomic E-state index is -0.110. The second kappa shape index (κ2) is 4.30. The molecule has 0 amide bonds. The van der Waals surface area contributed by atoms with Crippen molar-refractivity contribution >= 4 is 5.97 Å². The van der Waals surface area contributed by atoms with Gasteiger partial charge in [0.25, 0.3) is 0 Å². The molecule has 0 saturated heterocycles. The summed E-state index contributed by atoms with van der Waals surface area (Å²) in [5.74, 6) is 1.36. The maximum absolute atomic E-state index is 11.2. The van der Waals surface area contributed by atoms with Crippen LogP contribution in [0.3, 0.4) is 0 Å². The summed E-state index contributed by atoms with van der Waals surface area (Å²) in [7, 11) is 3.38. The van der Waals surface area contributed by atoms with Gasteiger partial charge >= 0.3 is 5.97 Å². The van der Waals surface area contributed by atoms with Gasteiger partial charge in [0, 0.05) is 5.54 Å². The second-order valence-corrected chi connectivity index (χ2v) is 4.70. The summed E-state index contributed by atoms with van der Waals surface area (Å²) in [5.41, 5.74) is 0.0159. The van der Waals surface area contributed by atoms with E-state index >= 15 is 0 Å². The van der Waals surface area contributed by atoms with Crippen LogP contribution < -0.4 is 5.32 Å². The van der Waals surface area contributed by atoms with Gasteiger partial charge in [0.1, 0.15) is 0 Å². The smallest absolute Gasteiger partial charge is 0.307 e. The third-order valence-corrected chi connectivity index (χ3v) is 3.49. The molecule has 1 fully saturated rings. The van der Waals surface area contributed by atoms with Crippen molar-refractivity contribution in [3.63, 3.8) is 0 Å². The molecule has 0 aromatic heterocycles. The highest BCUT2D eigenvalue weighted by molar-refractivity contribution is 5.71. The van der Waals surface area contributed by atoms with E-state index in [-0.39, 0.29) is 11.5 Å². The van der Waals surface area contributed by atoms with Gasteiger partial charge in [0.15, 0.2) is 0 Å². The summed E-state index contributed by atoms with van der Waals surface area (Å²) in [6, 6.07) is 0. The number of carbonyl (C=O) groups excluding carboxylic acids is 1. The van der Waals surface area contributed by atoms with Gasteiger partial charge in [0.2, 0.25) is 0 Å². The lowest BCUT2D eigenvalue weighted by molar-refractivity contribution is -0.144. The fourth-order valence-electron chi connectivity index (χ4n) is 2.20. The van der Waals surface area contributed by atoms with Gasteiger partial charge in [-0.2, -0.15) is 0 Å². The van der Waals surface area contributed by atoms with E-state index in [1.807, 2.05) is 7.05 Å². The molecular formula is C11H21NO2. The van der Waals surface area contributed by atoms with Gasteiger partial charge in [-0.05, 0) is 31.7 Å². The van der Waals surface area contributed by atoms with Crippen molar-refractivity contribution in [1.29, 1.82) is 0 Å². The zero-order chi connectivity index (χ0) is 10.8. The summed E-state index contributed by atoms with van der Waals surface area (Å²) >= 11 is 0. The highest BCUT2D eigenvalue weighted by Gasteiger charge is 2.45. The number of carbonyl (C=O) groups is 1. The van der Waals surface area contributed by atoms with E-state index in [2.05, 4.69) is 19.2 Å². The second-order valence-electron chi connectivity index (χ2n) is 4.70. The number of hydrogen-bond donors (Lipinski definition) is 1. The number of methoxy groups -OCH3 is 1. The number of esters is 1. The molecule has 0 atom stereocenters. The Morgan fingerprint density at radius 1 is 1.57 bits per heavy atom. The average Bonchev–Trinajstić information content (AvgIpc) is 2.09. The third kappa shape index (κ3) is 2.27. The number of rotatable bonds is 4. The van der Waals surface area contributed by atoms with Crippen LogP contribution in [0, 0.1) is 11.8 Å². The monoisotopic (exact) mass is 199 g/mol. The van der Waals surface area contributed by atoms with Crippen LogP contribution in [0.5, 0.6) is 0 Å². The molecule has 0 spiro atoms. The molecule has 0 heterocycles. The Labute approximate surface area is 86.2 Å². The first-order chi connectivity index (χ1) is 6.53. The SMILES string of the molecule is CNC1(CC(=O)OC)CC(C(C)C)C1. The van der Waals surface area contributed by atoms with Gasteiger partial charge in [-0.15, -0.1) is 0 Å². The summed E-state index contributed by atoms with van der Waals surface area (Å²) in [6.45, 7) is 4.48. The predicted molar refractivity (Wildman–Crippen MR) is 56.0 cm³/mol. The quantitative estimate of drug-likeness (QED) is 0.698. The molecule has 3 nitrogen and oxygen atoms in total. The molecule has 1 aliphatic rings. The molecule has 1 N–H and O–H groups in total. The number of ether oxygens (including phenoxy) is 1. The maximum Gasteiger partial charge on any atom is 0.307 e. The van der Waals surface area contributed by atoms with Crippen molar-refractivity contribution in [2.75, 3.05) is 14.2 Å². The van der Waals surface area contributed by atoms with Crippen LogP contribution >= 0.6 is 0 Å². The summed E-state index contributed by atoms with van der Waals surface area (Å²) < 4.78 is 4.70. The molecule has 82 valence electrons. The molecule has 1 saturated carbocycles. The van der Waals surface area contributed by atoms with Crippen molar-refractivity contribution < 1.29 is 9.53 Å². The summed E-state index contributed by atoms with van der Waals surface area (Å²) in [5, 5.41) is 3.26. The first kappa shape index (κ1) is 11.5. The van der Waals surface area contributed by atoms with Gasteiger partial charge in [-0.3, -0.25) is 4.79 Å². The average molecular weight is 199 g/mol. The van der Waals surface area contributed by atoms with Crippen LogP contribution in [0.2, 0.25) is 0 Å². The highest BCUT2D eigenvalue weighted by atomic mass is 16.5. The van der Waals surface area contributed by atoms with Crippen LogP contribution in [0.4, 0.5) is 0 Å². The molecule has 0 bridgehead atoms. The van der Waals surface area contributed by atoms with Crippen LogP contribution in [-0.2, 0) is 9.53 Å². The summed E-state index contributed by atoms with van der Waals surface area (Å²) in [4.78, 5) is 11.2. The highest BCUT2D eigenvalue weighted by Crippen LogP contribution is 2.44. The molecule has 0 aliphatic heterocycles. The van der Waals surface area contributed by atoms with E-state index in [9.17, 15) is 4.79 Å². The van der Waals surface area contributed by atoms with Crippen molar-refractivity contribution in [3.8, 4) is 0 Å². The minimum Gasteiger partial charge on any atom is -0.469 e. The largest absolute Gasteiger partial charge is 0.469 e. The molecule has 3 heteroatoms. The lowest BCUT2D eigenvalue weighted by Crippen LogP contribution is -2.56. The molecule has 0 unspecified atom stereocenters. The van der Waals surface area contributed by atoms with Crippen LogP contribution in [0.25, 0.3) is 0 Å². The topological polar surface area (TPSA) is 38.3 Å². The van der Waals surface area contributed by atoms with Gasteiger partial charge in [-0.25, -0.2) is 0 Å². The Morgan fingerprint density at radius 3 is 2.50 bits per heavy atom. The van der Waals surface area contributed by atoms with Crippen molar-refractivity contribution in [2.24, 2.45) is 11.8 Å². The Kier molecular flexibility index (Phi) is 3.53. The maximum atomic E-state index is 11.2. The predicted octanol–water partition coefficient (Wildman–Crippen LogP) is 1.57. The van der Waals surface area contributed by atoms with Crippen molar-refractivity contribution in [2.45, 2.75) is 38.6 Å². The van der Waals surface area contributed by atoms with E-state index in [1.54, 1.807) is 0 Å². The molecule has 1 aliphatic carbocycles. The van der Waals surface area contributed by atoms with Gasteiger partial charge in [0.05, 0.1) is 13.5 Å². The Bertz CT molecular complexity index is 207. The van der Waals surface area contributed by atoms with Crippen LogP contribution in [0.15, 0.2) is 0 Å². The fourth-order valence-corrected chi connectivity index (χ4v) is 2.20. The Balaban J connectivity index is 2.44. The normalized spacial score (nSPS) is 31.4. The van der Waals surface area contributed by atoms with Gasteiger partial charge < -0.3 is 10.1 Å². The molecule has 0 aromatic rings. The Morgan fingerprint density at radius 2 is 2.14 bits per heavy atom. The van der Waals surface area contributed by atoms with Crippen molar-refractivity contribution in [1.82, 2.24) is 5.32 Å². The minimum absolute atomic E-state index is 0.0159. The zero-order valence-electron chi connectivity index (χ0n) is 9.59.